The Kier molecular flexibility index (Phi) is 4.34. The normalized spacial score (nSPS) is 21.0. The summed E-state index contributed by atoms with van der Waals surface area (Å²) >= 11 is 0. The van der Waals surface area contributed by atoms with Crippen LogP contribution in [0.25, 0.3) is 0 Å². The molecule has 1 rings (SSSR count). The van der Waals surface area contributed by atoms with E-state index in [2.05, 4.69) is 0 Å². The number of carbonyl (C=O) groups is 2. The first-order chi connectivity index (χ1) is 8.26. The molecule has 1 atom stereocenters. The van der Waals surface area contributed by atoms with Gasteiger partial charge in [0.25, 0.3) is 0 Å². The van der Waals surface area contributed by atoms with Crippen LogP contribution in [0.4, 0.5) is 0 Å². The van der Waals surface area contributed by atoms with E-state index in [0.29, 0.717) is 26.1 Å². The number of hydrogen-bond donors (Lipinski definition) is 2. The van der Waals surface area contributed by atoms with Crippen LogP contribution in [0.15, 0.2) is 0 Å². The number of carboxylic acids is 1. The Hall–Kier alpha value is -1.14. The number of carbonyl (C=O) groups excluding carboxylic acids is 1. The van der Waals surface area contributed by atoms with Gasteiger partial charge in [-0.05, 0) is 20.3 Å². The minimum atomic E-state index is -0.999. The maximum atomic E-state index is 12.2. The van der Waals surface area contributed by atoms with Gasteiger partial charge in [-0.2, -0.15) is 0 Å². The van der Waals surface area contributed by atoms with E-state index in [0.717, 1.165) is 0 Å². The third-order valence-corrected chi connectivity index (χ3v) is 3.63. The highest BCUT2D eigenvalue weighted by Crippen LogP contribution is 2.31. The molecule has 0 radical (unpaired) electrons. The van der Waals surface area contributed by atoms with Crippen molar-refractivity contribution in [3.05, 3.63) is 0 Å². The highest BCUT2D eigenvalue weighted by atomic mass is 16.5. The van der Waals surface area contributed by atoms with Gasteiger partial charge >= 0.3 is 5.97 Å². The van der Waals surface area contributed by atoms with E-state index in [4.69, 9.17) is 15.6 Å². The van der Waals surface area contributed by atoms with Gasteiger partial charge in [-0.3, -0.25) is 4.79 Å². The molecule has 0 aromatic heterocycles. The molecule has 1 amide bonds. The first kappa shape index (κ1) is 14.9. The zero-order valence-corrected chi connectivity index (χ0v) is 11.2. The molecule has 104 valence electrons. The second kappa shape index (κ2) is 5.24. The van der Waals surface area contributed by atoms with Gasteiger partial charge in [-0.15, -0.1) is 0 Å². The van der Waals surface area contributed by atoms with Crippen LogP contribution in [-0.4, -0.2) is 53.7 Å². The fourth-order valence-electron chi connectivity index (χ4n) is 2.00. The fraction of sp³-hybridized carbons (Fsp3) is 0.833. The topological polar surface area (TPSA) is 92.9 Å². The van der Waals surface area contributed by atoms with Gasteiger partial charge < -0.3 is 20.5 Å². The standard InChI is InChI=1S/C12H22N2O4/c1-4-11(2,6-13)10(17)14-7-12(3,8-14)18-5-9(15)16/h4-8,13H2,1-3H3,(H,15,16). The average molecular weight is 258 g/mol. The van der Waals surface area contributed by atoms with Crippen molar-refractivity contribution < 1.29 is 19.4 Å². The van der Waals surface area contributed by atoms with E-state index in [1.165, 1.54) is 0 Å². The average Bonchev–Trinajstić information content (AvgIpc) is 2.31. The molecule has 1 aliphatic heterocycles. The van der Waals surface area contributed by atoms with E-state index in [1.807, 2.05) is 20.8 Å². The summed E-state index contributed by atoms with van der Waals surface area (Å²) in [5, 5.41) is 8.55. The van der Waals surface area contributed by atoms with Crippen molar-refractivity contribution in [1.82, 2.24) is 4.90 Å². The summed E-state index contributed by atoms with van der Waals surface area (Å²) in [6, 6.07) is 0. The molecule has 18 heavy (non-hydrogen) atoms. The maximum Gasteiger partial charge on any atom is 0.329 e. The molecule has 1 saturated heterocycles. The summed E-state index contributed by atoms with van der Waals surface area (Å²) in [5.74, 6) is -0.981. The van der Waals surface area contributed by atoms with Crippen molar-refractivity contribution in [2.75, 3.05) is 26.2 Å². The zero-order chi connectivity index (χ0) is 14.0. The lowest BCUT2D eigenvalue weighted by Gasteiger charge is -2.49. The number of hydrogen-bond acceptors (Lipinski definition) is 4. The number of ether oxygens (including phenoxy) is 1. The van der Waals surface area contributed by atoms with E-state index in [9.17, 15) is 9.59 Å². The third-order valence-electron chi connectivity index (χ3n) is 3.63. The molecule has 0 bridgehead atoms. The van der Waals surface area contributed by atoms with Gasteiger partial charge in [0, 0.05) is 6.54 Å². The molecule has 1 heterocycles. The van der Waals surface area contributed by atoms with Crippen molar-refractivity contribution in [2.45, 2.75) is 32.8 Å². The number of aliphatic carboxylic acids is 1. The number of nitrogens with zero attached hydrogens (tertiary/aromatic N) is 1. The molecule has 6 heteroatoms. The second-order valence-electron chi connectivity index (χ2n) is 5.41. The van der Waals surface area contributed by atoms with Gasteiger partial charge in [0.15, 0.2) is 0 Å². The van der Waals surface area contributed by atoms with Crippen LogP contribution < -0.4 is 5.73 Å². The van der Waals surface area contributed by atoms with Crippen LogP contribution >= 0.6 is 0 Å². The smallest absolute Gasteiger partial charge is 0.329 e. The maximum absolute atomic E-state index is 12.2. The minimum absolute atomic E-state index is 0.0175. The van der Waals surface area contributed by atoms with Crippen LogP contribution in [0.3, 0.4) is 0 Å². The lowest BCUT2D eigenvalue weighted by atomic mass is 9.83. The predicted octanol–water partition coefficient (Wildman–Crippen LogP) is 0.0635. The summed E-state index contributed by atoms with van der Waals surface area (Å²) in [7, 11) is 0. The monoisotopic (exact) mass is 258 g/mol. The van der Waals surface area contributed by atoms with Crippen LogP contribution in [0.1, 0.15) is 27.2 Å². The van der Waals surface area contributed by atoms with Crippen LogP contribution in [0.5, 0.6) is 0 Å². The summed E-state index contributed by atoms with van der Waals surface area (Å²) in [4.78, 5) is 24.3. The van der Waals surface area contributed by atoms with Gasteiger partial charge in [-0.25, -0.2) is 4.79 Å². The molecule has 1 unspecified atom stereocenters. The van der Waals surface area contributed by atoms with Crippen molar-refractivity contribution in [3.63, 3.8) is 0 Å². The van der Waals surface area contributed by atoms with Gasteiger partial charge in [0.1, 0.15) is 12.2 Å². The molecule has 0 saturated carbocycles. The van der Waals surface area contributed by atoms with Crippen LogP contribution in [-0.2, 0) is 14.3 Å². The molecule has 1 fully saturated rings. The van der Waals surface area contributed by atoms with E-state index >= 15 is 0 Å². The molecule has 0 aromatic rings. The number of likely N-dealkylation sites (tertiary alicyclic amines) is 1. The first-order valence-corrected chi connectivity index (χ1v) is 6.11. The van der Waals surface area contributed by atoms with Crippen LogP contribution in [0.2, 0.25) is 0 Å². The van der Waals surface area contributed by atoms with E-state index in [-0.39, 0.29) is 12.5 Å². The van der Waals surface area contributed by atoms with Crippen molar-refractivity contribution >= 4 is 11.9 Å². The van der Waals surface area contributed by atoms with Crippen molar-refractivity contribution in [1.29, 1.82) is 0 Å². The molecule has 0 aromatic carbocycles. The van der Waals surface area contributed by atoms with Gasteiger partial charge in [-0.1, -0.05) is 6.92 Å². The zero-order valence-electron chi connectivity index (χ0n) is 11.2. The quantitative estimate of drug-likeness (QED) is 0.703. The summed E-state index contributed by atoms with van der Waals surface area (Å²) in [5.41, 5.74) is 4.57. The molecule has 6 nitrogen and oxygen atoms in total. The highest BCUT2D eigenvalue weighted by molar-refractivity contribution is 5.83. The number of nitrogens with two attached hydrogens (primary N) is 1. The molecular weight excluding hydrogens is 236 g/mol. The number of rotatable bonds is 6. The Morgan fingerprint density at radius 2 is 2.06 bits per heavy atom. The van der Waals surface area contributed by atoms with E-state index in [1.54, 1.807) is 4.90 Å². The van der Waals surface area contributed by atoms with Gasteiger partial charge in [0.05, 0.1) is 18.5 Å². The Morgan fingerprint density at radius 1 is 1.50 bits per heavy atom. The Bertz CT molecular complexity index is 333. The van der Waals surface area contributed by atoms with Crippen molar-refractivity contribution in [3.8, 4) is 0 Å². The summed E-state index contributed by atoms with van der Waals surface area (Å²) < 4.78 is 5.26. The molecule has 0 spiro atoms. The third kappa shape index (κ3) is 3.00. The number of carboxylic acid groups (broad SMARTS) is 1. The molecular formula is C12H22N2O4. The largest absolute Gasteiger partial charge is 0.480 e. The van der Waals surface area contributed by atoms with E-state index < -0.39 is 17.0 Å². The minimum Gasteiger partial charge on any atom is -0.480 e. The number of amides is 1. The molecule has 3 N–H and O–H groups in total. The summed E-state index contributed by atoms with van der Waals surface area (Å²) in [6.07, 6.45) is 0.686. The predicted molar refractivity (Wildman–Crippen MR) is 66.0 cm³/mol. The van der Waals surface area contributed by atoms with Gasteiger partial charge in [0.2, 0.25) is 5.91 Å². The van der Waals surface area contributed by atoms with Crippen LogP contribution in [0, 0.1) is 5.41 Å². The Labute approximate surface area is 107 Å². The highest BCUT2D eigenvalue weighted by Gasteiger charge is 2.46. The summed E-state index contributed by atoms with van der Waals surface area (Å²) in [6.45, 7) is 6.43. The lowest BCUT2D eigenvalue weighted by molar-refractivity contribution is -0.178. The fourth-order valence-corrected chi connectivity index (χ4v) is 2.00. The van der Waals surface area contributed by atoms with Crippen molar-refractivity contribution in [2.24, 2.45) is 11.1 Å². The Morgan fingerprint density at radius 3 is 2.44 bits per heavy atom. The second-order valence-corrected chi connectivity index (χ2v) is 5.41. The Balaban J connectivity index is 2.51. The lowest BCUT2D eigenvalue weighted by Crippen LogP contribution is -2.66. The first-order valence-electron chi connectivity index (χ1n) is 6.11. The molecule has 0 aliphatic carbocycles. The molecule has 1 aliphatic rings. The SMILES string of the molecule is CCC(C)(CN)C(=O)N1CC(C)(OCC(=O)O)C1.